The third-order valence-corrected chi connectivity index (χ3v) is 3.22. The lowest BCUT2D eigenvalue weighted by molar-refractivity contribution is -0.385. The highest BCUT2D eigenvalue weighted by atomic mass is 32.2. The number of nitrogens with zero attached hydrogens (tertiary/aromatic N) is 1. The summed E-state index contributed by atoms with van der Waals surface area (Å²) in [7, 11) is 0. The summed E-state index contributed by atoms with van der Waals surface area (Å²) >= 11 is 1.37. The molecule has 0 bridgehead atoms. The van der Waals surface area contributed by atoms with Crippen LogP contribution in [0.2, 0.25) is 0 Å². The zero-order valence-corrected chi connectivity index (χ0v) is 10.4. The number of nitro benzene ring substituents is 1. The molecule has 1 atom stereocenters. The monoisotopic (exact) mass is 255 g/mol. The minimum Gasteiger partial charge on any atom is -0.395 e. The predicted octanol–water partition coefficient (Wildman–Crippen LogP) is 2.27. The molecule has 1 aromatic rings. The third kappa shape index (κ3) is 3.54. The zero-order valence-electron chi connectivity index (χ0n) is 9.54. The molecule has 0 saturated heterocycles. The second kappa shape index (κ2) is 5.79. The Balaban J connectivity index is 3.10. The summed E-state index contributed by atoms with van der Waals surface area (Å²) in [5.41, 5.74) is -0.0800. The van der Waals surface area contributed by atoms with Gasteiger partial charge in [-0.05, 0) is 19.1 Å². The summed E-state index contributed by atoms with van der Waals surface area (Å²) in [5, 5.41) is 19.6. The first-order valence-electron chi connectivity index (χ1n) is 5.02. The van der Waals surface area contributed by atoms with E-state index in [1.165, 1.54) is 30.8 Å². The molecule has 0 heterocycles. The van der Waals surface area contributed by atoms with E-state index in [0.717, 1.165) is 4.90 Å². The van der Waals surface area contributed by atoms with E-state index in [4.69, 9.17) is 5.11 Å². The number of nitro groups is 1. The van der Waals surface area contributed by atoms with Gasteiger partial charge in [0.2, 0.25) is 0 Å². The fraction of sp³-hybridized carbons (Fsp3) is 0.364. The fourth-order valence-electron chi connectivity index (χ4n) is 1.30. The minimum absolute atomic E-state index is 0.0110. The van der Waals surface area contributed by atoms with Crippen molar-refractivity contribution in [1.29, 1.82) is 0 Å². The molecule has 0 radical (unpaired) electrons. The second-order valence-electron chi connectivity index (χ2n) is 3.60. The Bertz CT molecular complexity index is 447. The van der Waals surface area contributed by atoms with Crippen LogP contribution >= 0.6 is 11.8 Å². The normalized spacial score (nSPS) is 12.2. The van der Waals surface area contributed by atoms with Crippen LogP contribution in [0.5, 0.6) is 0 Å². The molecule has 0 aliphatic heterocycles. The van der Waals surface area contributed by atoms with E-state index in [2.05, 4.69) is 0 Å². The average Bonchev–Trinajstić information content (AvgIpc) is 2.28. The van der Waals surface area contributed by atoms with Gasteiger partial charge in [0.15, 0.2) is 5.78 Å². The van der Waals surface area contributed by atoms with Crippen LogP contribution in [0.1, 0.15) is 24.2 Å². The maximum Gasteiger partial charge on any atom is 0.280 e. The first kappa shape index (κ1) is 13.7. The smallest absolute Gasteiger partial charge is 0.280 e. The maximum atomic E-state index is 11.3. The Kier molecular flexibility index (Phi) is 4.65. The molecule has 1 aromatic carbocycles. The summed E-state index contributed by atoms with van der Waals surface area (Å²) in [6.45, 7) is 3.14. The summed E-state index contributed by atoms with van der Waals surface area (Å²) in [4.78, 5) is 22.2. The number of carbonyl (C=O) groups excluding carboxylic acids is 1. The molecular formula is C11H13NO4S. The molecule has 0 fully saturated rings. The topological polar surface area (TPSA) is 80.4 Å². The van der Waals surface area contributed by atoms with Crippen molar-refractivity contribution < 1.29 is 14.8 Å². The van der Waals surface area contributed by atoms with Gasteiger partial charge in [-0.3, -0.25) is 14.9 Å². The van der Waals surface area contributed by atoms with Crippen LogP contribution < -0.4 is 0 Å². The number of benzene rings is 1. The van der Waals surface area contributed by atoms with Gasteiger partial charge in [-0.1, -0.05) is 6.92 Å². The van der Waals surface area contributed by atoms with E-state index in [1.54, 1.807) is 6.07 Å². The minimum atomic E-state index is -0.569. The molecule has 0 spiro atoms. The molecule has 1 unspecified atom stereocenters. The van der Waals surface area contributed by atoms with Crippen molar-refractivity contribution in [2.45, 2.75) is 24.0 Å². The Morgan fingerprint density at radius 2 is 2.24 bits per heavy atom. The molecule has 17 heavy (non-hydrogen) atoms. The molecular weight excluding hydrogens is 242 g/mol. The maximum absolute atomic E-state index is 11.3. The van der Waals surface area contributed by atoms with Crippen LogP contribution in [0.3, 0.4) is 0 Å². The molecule has 1 N–H and O–H groups in total. The van der Waals surface area contributed by atoms with Crippen molar-refractivity contribution in [2.75, 3.05) is 6.61 Å². The average molecular weight is 255 g/mol. The van der Waals surface area contributed by atoms with Crippen molar-refractivity contribution in [3.63, 3.8) is 0 Å². The van der Waals surface area contributed by atoms with E-state index >= 15 is 0 Å². The molecule has 92 valence electrons. The van der Waals surface area contributed by atoms with Crippen LogP contribution in [-0.2, 0) is 0 Å². The fourth-order valence-corrected chi connectivity index (χ4v) is 2.17. The molecule has 6 heteroatoms. The first-order valence-corrected chi connectivity index (χ1v) is 5.90. The number of hydrogen-bond acceptors (Lipinski definition) is 5. The highest BCUT2D eigenvalue weighted by Gasteiger charge is 2.18. The predicted molar refractivity (Wildman–Crippen MR) is 65.5 cm³/mol. The van der Waals surface area contributed by atoms with E-state index < -0.39 is 4.92 Å². The van der Waals surface area contributed by atoms with E-state index in [1.807, 2.05) is 6.92 Å². The number of rotatable bonds is 5. The lowest BCUT2D eigenvalue weighted by atomic mass is 10.1. The first-order chi connectivity index (χ1) is 7.95. The van der Waals surface area contributed by atoms with E-state index in [9.17, 15) is 14.9 Å². The van der Waals surface area contributed by atoms with Gasteiger partial charge in [-0.2, -0.15) is 0 Å². The highest BCUT2D eigenvalue weighted by molar-refractivity contribution is 8.00. The third-order valence-electron chi connectivity index (χ3n) is 2.14. The molecule has 0 amide bonds. The molecule has 0 aliphatic rings. The van der Waals surface area contributed by atoms with Crippen LogP contribution in [0, 0.1) is 10.1 Å². The van der Waals surface area contributed by atoms with Crippen LogP contribution in [0.15, 0.2) is 23.1 Å². The summed E-state index contributed by atoms with van der Waals surface area (Å²) in [5.74, 6) is -0.337. The molecule has 0 aromatic heterocycles. The highest BCUT2D eigenvalue weighted by Crippen LogP contribution is 2.28. The second-order valence-corrected chi connectivity index (χ2v) is 5.12. The quantitative estimate of drug-likeness (QED) is 0.378. The molecule has 0 saturated carbocycles. The van der Waals surface area contributed by atoms with Crippen molar-refractivity contribution >= 4 is 23.2 Å². The van der Waals surface area contributed by atoms with Gasteiger partial charge in [-0.15, -0.1) is 11.8 Å². The van der Waals surface area contributed by atoms with Crippen molar-refractivity contribution in [2.24, 2.45) is 0 Å². The Labute approximate surface area is 103 Å². The number of carbonyl (C=O) groups is 1. The lowest BCUT2D eigenvalue weighted by Gasteiger charge is -2.08. The lowest BCUT2D eigenvalue weighted by Crippen LogP contribution is -2.03. The van der Waals surface area contributed by atoms with E-state index in [0.29, 0.717) is 0 Å². The zero-order chi connectivity index (χ0) is 13.0. The molecule has 1 rings (SSSR count). The van der Waals surface area contributed by atoms with Crippen molar-refractivity contribution in [3.05, 3.63) is 33.9 Å². The van der Waals surface area contributed by atoms with Crippen LogP contribution in [0.4, 0.5) is 5.69 Å². The van der Waals surface area contributed by atoms with Crippen LogP contribution in [-0.4, -0.2) is 27.7 Å². The van der Waals surface area contributed by atoms with Crippen LogP contribution in [0.25, 0.3) is 0 Å². The van der Waals surface area contributed by atoms with Gasteiger partial charge < -0.3 is 5.11 Å². The Hall–Kier alpha value is -1.40. The van der Waals surface area contributed by atoms with Gasteiger partial charge in [0, 0.05) is 16.2 Å². The van der Waals surface area contributed by atoms with Crippen molar-refractivity contribution in [1.82, 2.24) is 0 Å². The number of hydrogen-bond donors (Lipinski definition) is 1. The van der Waals surface area contributed by atoms with Gasteiger partial charge in [0.1, 0.15) is 0 Å². The summed E-state index contributed by atoms with van der Waals surface area (Å²) in [6.07, 6.45) is 0. The largest absolute Gasteiger partial charge is 0.395 e. The standard InChI is InChI=1S/C11H13NO4S/c1-7(6-13)17-9-3-4-11(12(15)16)10(5-9)8(2)14/h3-5,7,13H,6H2,1-2H3. The Morgan fingerprint density at radius 3 is 2.71 bits per heavy atom. The van der Waals surface area contributed by atoms with Gasteiger partial charge in [-0.25, -0.2) is 0 Å². The number of aliphatic hydroxyl groups excluding tert-OH is 1. The van der Waals surface area contributed by atoms with Gasteiger partial charge >= 0.3 is 0 Å². The van der Waals surface area contributed by atoms with E-state index in [-0.39, 0.29) is 28.9 Å². The summed E-state index contributed by atoms with van der Waals surface area (Å²) < 4.78 is 0. The van der Waals surface area contributed by atoms with Gasteiger partial charge in [0.25, 0.3) is 5.69 Å². The number of thioether (sulfide) groups is 1. The van der Waals surface area contributed by atoms with Gasteiger partial charge in [0.05, 0.1) is 17.1 Å². The number of Topliss-reactive ketones (excluding diaryl/α,β-unsaturated/α-hetero) is 1. The summed E-state index contributed by atoms with van der Waals surface area (Å²) in [6, 6.07) is 4.40. The SMILES string of the molecule is CC(=O)c1cc(SC(C)CO)ccc1[N+](=O)[O-]. The number of ketones is 1. The number of aliphatic hydroxyl groups is 1. The van der Waals surface area contributed by atoms with Crippen molar-refractivity contribution in [3.8, 4) is 0 Å². The Morgan fingerprint density at radius 1 is 1.59 bits per heavy atom. The molecule has 5 nitrogen and oxygen atoms in total. The molecule has 0 aliphatic carbocycles.